The lowest BCUT2D eigenvalue weighted by atomic mass is 10.3. The maximum Gasteiger partial charge on any atom is 0.282 e. The van der Waals surface area contributed by atoms with Crippen LogP contribution >= 0.6 is 23.7 Å². The number of amides is 1. The number of carbonyl (C=O) groups is 1. The molecular weight excluding hydrogens is 379 g/mol. The Labute approximate surface area is 161 Å². The van der Waals surface area contributed by atoms with E-state index in [9.17, 15) is 9.18 Å². The summed E-state index contributed by atoms with van der Waals surface area (Å²) in [4.78, 5) is 20.8. The number of rotatable bonds is 6. The van der Waals surface area contributed by atoms with Gasteiger partial charge >= 0.3 is 0 Å². The van der Waals surface area contributed by atoms with Crippen LogP contribution in [0.5, 0.6) is 0 Å². The van der Waals surface area contributed by atoms with E-state index in [-0.39, 0.29) is 29.5 Å². The summed E-state index contributed by atoms with van der Waals surface area (Å²) in [6, 6.07) is 6.39. The number of para-hydroxylation sites is 1. The highest BCUT2D eigenvalue weighted by atomic mass is 35.5. The predicted octanol–water partition coefficient (Wildman–Crippen LogP) is 3.75. The van der Waals surface area contributed by atoms with Crippen molar-refractivity contribution in [1.82, 2.24) is 15.0 Å². The number of hydrogen-bond donors (Lipinski definition) is 0. The molecule has 1 amide bonds. The number of benzene rings is 1. The Bertz CT molecular complexity index is 896. The Morgan fingerprint density at radius 2 is 2.08 bits per heavy atom. The number of hydrogen-bond acceptors (Lipinski definition) is 6. The third-order valence-electron chi connectivity index (χ3n) is 3.67. The van der Waals surface area contributed by atoms with Crippen molar-refractivity contribution >= 4 is 45.0 Å². The molecule has 140 valence electrons. The lowest BCUT2D eigenvalue weighted by Gasteiger charge is -2.19. The molecule has 2 aromatic heterocycles. The van der Waals surface area contributed by atoms with Gasteiger partial charge in [-0.2, -0.15) is 0 Å². The Morgan fingerprint density at radius 3 is 2.69 bits per heavy atom. The van der Waals surface area contributed by atoms with Gasteiger partial charge in [0.1, 0.15) is 17.1 Å². The van der Waals surface area contributed by atoms with Gasteiger partial charge in [0, 0.05) is 12.6 Å². The van der Waals surface area contributed by atoms with Gasteiger partial charge in [-0.1, -0.05) is 22.6 Å². The summed E-state index contributed by atoms with van der Waals surface area (Å²) in [6.45, 7) is 3.01. The number of anilines is 1. The van der Waals surface area contributed by atoms with Crippen LogP contribution in [-0.2, 0) is 0 Å². The number of aromatic nitrogens is 2. The van der Waals surface area contributed by atoms with Crippen molar-refractivity contribution in [3.8, 4) is 0 Å². The highest BCUT2D eigenvalue weighted by Crippen LogP contribution is 2.31. The lowest BCUT2D eigenvalue weighted by molar-refractivity contribution is 0.0977. The monoisotopic (exact) mass is 398 g/mol. The average Bonchev–Trinajstić information content (AvgIpc) is 3.18. The molecule has 0 N–H and O–H groups in total. The van der Waals surface area contributed by atoms with Gasteiger partial charge in [0.25, 0.3) is 5.91 Å². The number of thiazole rings is 1. The van der Waals surface area contributed by atoms with E-state index < -0.39 is 5.82 Å². The quantitative estimate of drug-likeness (QED) is 0.632. The van der Waals surface area contributed by atoms with Crippen molar-refractivity contribution < 1.29 is 13.7 Å². The zero-order valence-electron chi connectivity index (χ0n) is 14.7. The first kappa shape index (κ1) is 20.3. The van der Waals surface area contributed by atoms with Gasteiger partial charge in [-0.15, -0.1) is 12.4 Å². The van der Waals surface area contributed by atoms with E-state index in [4.69, 9.17) is 4.52 Å². The normalized spacial score (nSPS) is 11.0. The van der Waals surface area contributed by atoms with Gasteiger partial charge in [0.2, 0.25) is 0 Å². The molecule has 2 heterocycles. The van der Waals surface area contributed by atoms with Crippen LogP contribution in [0.15, 0.2) is 28.8 Å². The molecule has 0 aliphatic carbocycles. The fraction of sp³-hybridized carbons (Fsp3) is 0.353. The molecule has 0 radical (unpaired) electrons. The lowest BCUT2D eigenvalue weighted by Crippen LogP contribution is -2.33. The molecule has 6 nitrogen and oxygen atoms in total. The third kappa shape index (κ3) is 4.38. The minimum atomic E-state index is -0.391. The molecule has 0 aliphatic heterocycles. The van der Waals surface area contributed by atoms with Crippen LogP contribution in [0.3, 0.4) is 0 Å². The second-order valence-electron chi connectivity index (χ2n) is 6.02. The zero-order chi connectivity index (χ0) is 18.0. The standard InChI is InChI=1S/C17H19FN4O2S.ClH/c1-11-10-13(20-24-11)16(23)22(9-5-8-21(2)3)17-19-15-12(18)6-4-7-14(15)25-17;/h4,6-7,10H,5,8-9H2,1-3H3;1H. The first-order valence-corrected chi connectivity index (χ1v) is 8.72. The molecular formula is C17H20ClFN4O2S. The van der Waals surface area contributed by atoms with Crippen molar-refractivity contribution in [3.63, 3.8) is 0 Å². The zero-order valence-corrected chi connectivity index (χ0v) is 16.4. The van der Waals surface area contributed by atoms with Crippen LogP contribution in [0.4, 0.5) is 9.52 Å². The Kier molecular flexibility index (Phi) is 6.69. The fourth-order valence-electron chi connectivity index (χ4n) is 2.45. The van der Waals surface area contributed by atoms with Crippen LogP contribution in [0, 0.1) is 12.7 Å². The van der Waals surface area contributed by atoms with Crippen LogP contribution in [0.2, 0.25) is 0 Å². The van der Waals surface area contributed by atoms with E-state index in [1.165, 1.54) is 17.4 Å². The summed E-state index contributed by atoms with van der Waals surface area (Å²) >= 11 is 1.29. The van der Waals surface area contributed by atoms with E-state index in [0.29, 0.717) is 22.1 Å². The summed E-state index contributed by atoms with van der Waals surface area (Å²) in [6.07, 6.45) is 0.758. The summed E-state index contributed by atoms with van der Waals surface area (Å²) in [5.74, 6) is -0.125. The smallest absolute Gasteiger partial charge is 0.282 e. The van der Waals surface area contributed by atoms with Crippen LogP contribution in [0.25, 0.3) is 10.2 Å². The molecule has 0 saturated heterocycles. The van der Waals surface area contributed by atoms with Crippen molar-refractivity contribution in [3.05, 3.63) is 41.5 Å². The maximum atomic E-state index is 14.0. The summed E-state index contributed by atoms with van der Waals surface area (Å²) in [7, 11) is 3.94. The number of aryl methyl sites for hydroxylation is 1. The molecule has 9 heteroatoms. The molecule has 0 fully saturated rings. The molecule has 0 atom stereocenters. The van der Waals surface area contributed by atoms with E-state index in [2.05, 4.69) is 10.1 Å². The number of nitrogens with zero attached hydrogens (tertiary/aromatic N) is 4. The Hall–Kier alpha value is -2.03. The first-order valence-electron chi connectivity index (χ1n) is 7.90. The first-order chi connectivity index (χ1) is 12.0. The molecule has 26 heavy (non-hydrogen) atoms. The Balaban J connectivity index is 0.00000243. The summed E-state index contributed by atoms with van der Waals surface area (Å²) < 4.78 is 19.7. The van der Waals surface area contributed by atoms with Gasteiger partial charge in [0.15, 0.2) is 10.8 Å². The molecule has 0 saturated carbocycles. The van der Waals surface area contributed by atoms with E-state index in [1.54, 1.807) is 30.0 Å². The van der Waals surface area contributed by atoms with Crippen LogP contribution < -0.4 is 4.90 Å². The van der Waals surface area contributed by atoms with Crippen molar-refractivity contribution in [2.45, 2.75) is 13.3 Å². The molecule has 0 bridgehead atoms. The third-order valence-corrected chi connectivity index (χ3v) is 4.71. The van der Waals surface area contributed by atoms with Gasteiger partial charge in [-0.05, 0) is 46.1 Å². The fourth-order valence-corrected chi connectivity index (χ4v) is 3.46. The minimum absolute atomic E-state index is 0. The number of carbonyl (C=O) groups excluding carboxylic acids is 1. The molecule has 0 spiro atoms. The Morgan fingerprint density at radius 1 is 1.31 bits per heavy atom. The van der Waals surface area contributed by atoms with Gasteiger partial charge in [-0.25, -0.2) is 9.37 Å². The van der Waals surface area contributed by atoms with Gasteiger partial charge in [0.05, 0.1) is 4.70 Å². The highest BCUT2D eigenvalue weighted by Gasteiger charge is 2.24. The molecule has 0 unspecified atom stereocenters. The topological polar surface area (TPSA) is 62.5 Å². The average molecular weight is 399 g/mol. The number of halogens is 2. The van der Waals surface area contributed by atoms with Crippen LogP contribution in [-0.4, -0.2) is 48.1 Å². The molecule has 1 aromatic carbocycles. The van der Waals surface area contributed by atoms with Crippen LogP contribution in [0.1, 0.15) is 22.7 Å². The largest absolute Gasteiger partial charge is 0.361 e. The van der Waals surface area contributed by atoms with Crippen molar-refractivity contribution in [2.24, 2.45) is 0 Å². The SMILES string of the molecule is Cc1cc(C(=O)N(CCCN(C)C)c2nc3c(F)cccc3s2)no1.Cl. The molecule has 3 rings (SSSR count). The maximum absolute atomic E-state index is 14.0. The van der Waals surface area contributed by atoms with Gasteiger partial charge < -0.3 is 9.42 Å². The second-order valence-corrected chi connectivity index (χ2v) is 7.03. The summed E-state index contributed by atoms with van der Waals surface area (Å²) in [5.41, 5.74) is 0.506. The highest BCUT2D eigenvalue weighted by molar-refractivity contribution is 7.22. The van der Waals surface area contributed by atoms with E-state index in [1.807, 2.05) is 19.0 Å². The van der Waals surface area contributed by atoms with E-state index in [0.717, 1.165) is 13.0 Å². The van der Waals surface area contributed by atoms with E-state index >= 15 is 0 Å². The van der Waals surface area contributed by atoms with Gasteiger partial charge in [-0.3, -0.25) is 9.69 Å². The predicted molar refractivity (Wildman–Crippen MR) is 103 cm³/mol. The van der Waals surface area contributed by atoms with Crippen molar-refractivity contribution in [1.29, 1.82) is 0 Å². The second kappa shape index (κ2) is 8.57. The minimum Gasteiger partial charge on any atom is -0.361 e. The summed E-state index contributed by atoms with van der Waals surface area (Å²) in [5, 5.41) is 4.27. The van der Waals surface area contributed by atoms with Crippen molar-refractivity contribution in [2.75, 3.05) is 32.1 Å². The molecule has 3 aromatic rings. The number of fused-ring (bicyclic) bond motifs is 1. The molecule has 0 aliphatic rings.